The first-order valence-corrected chi connectivity index (χ1v) is 8.63. The van der Waals surface area contributed by atoms with E-state index >= 15 is 0 Å². The van der Waals surface area contributed by atoms with E-state index in [-0.39, 0.29) is 41.2 Å². The number of carbonyl (C=O) groups is 1. The molecule has 2 saturated heterocycles. The summed E-state index contributed by atoms with van der Waals surface area (Å²) in [6.45, 7) is 2.51. The lowest BCUT2D eigenvalue weighted by molar-refractivity contribution is -0.491. The number of benzene rings is 1. The van der Waals surface area contributed by atoms with Gasteiger partial charge in [0.2, 0.25) is 12.5 Å². The molecule has 3 fully saturated rings. The van der Waals surface area contributed by atoms with E-state index in [1.807, 2.05) is 23.1 Å². The summed E-state index contributed by atoms with van der Waals surface area (Å²) in [5.74, 6) is 0.167. The van der Waals surface area contributed by atoms with Gasteiger partial charge >= 0.3 is 0 Å². The average Bonchev–Trinajstić information content (AvgIpc) is 3.10. The third-order valence-corrected chi connectivity index (χ3v) is 6.08. The lowest BCUT2D eigenvalue weighted by Crippen LogP contribution is -2.47. The molecule has 0 bridgehead atoms. The molecular formula is C18H22N2O4. The summed E-state index contributed by atoms with van der Waals surface area (Å²) in [7, 11) is 0. The summed E-state index contributed by atoms with van der Waals surface area (Å²) in [5.41, 5.74) is 0.587. The Bertz CT molecular complexity index is 664. The Hall–Kier alpha value is -1.95. The molecule has 0 N–H and O–H groups in total. The van der Waals surface area contributed by atoms with Crippen LogP contribution in [0.4, 0.5) is 0 Å². The molecule has 1 aromatic carbocycles. The maximum Gasteiger partial charge on any atom is 0.225 e. The van der Waals surface area contributed by atoms with Crippen molar-refractivity contribution in [2.45, 2.75) is 38.0 Å². The predicted octanol–water partition coefficient (Wildman–Crippen LogP) is 2.11. The van der Waals surface area contributed by atoms with Crippen LogP contribution in [0.1, 0.15) is 25.3 Å². The predicted molar refractivity (Wildman–Crippen MR) is 86.7 cm³/mol. The maximum absolute atomic E-state index is 12.7. The number of nitrogens with zero attached hydrogens (tertiary/aromatic N) is 2. The Morgan fingerprint density at radius 1 is 1.38 bits per heavy atom. The molecule has 0 aromatic heterocycles. The molecule has 4 rings (SSSR count). The molecule has 1 aromatic rings. The van der Waals surface area contributed by atoms with Crippen molar-refractivity contribution in [3.63, 3.8) is 0 Å². The van der Waals surface area contributed by atoms with Gasteiger partial charge < -0.3 is 9.64 Å². The SMILES string of the molecule is C[C@H]1C[C@]23OC[C@H](Cc4ccccc4)N2C(=O)C[C@@H]3[C@@H]1C[N+](=O)[O-]. The first-order chi connectivity index (χ1) is 11.5. The number of ether oxygens (including phenoxy) is 1. The maximum atomic E-state index is 12.7. The average molecular weight is 330 g/mol. The van der Waals surface area contributed by atoms with Crippen molar-refractivity contribution in [2.24, 2.45) is 17.8 Å². The molecule has 1 amide bonds. The molecule has 1 saturated carbocycles. The monoisotopic (exact) mass is 330 g/mol. The lowest BCUT2D eigenvalue weighted by atomic mass is 9.88. The van der Waals surface area contributed by atoms with Crippen molar-refractivity contribution >= 4 is 5.91 Å². The molecule has 2 aliphatic heterocycles. The van der Waals surface area contributed by atoms with Crippen LogP contribution in [-0.2, 0) is 16.0 Å². The largest absolute Gasteiger partial charge is 0.353 e. The van der Waals surface area contributed by atoms with Gasteiger partial charge in [0.15, 0.2) is 0 Å². The van der Waals surface area contributed by atoms with Crippen molar-refractivity contribution in [3.8, 4) is 0 Å². The number of amides is 1. The van der Waals surface area contributed by atoms with Crippen LogP contribution in [0.15, 0.2) is 30.3 Å². The van der Waals surface area contributed by atoms with Gasteiger partial charge in [-0.2, -0.15) is 0 Å². The Morgan fingerprint density at radius 3 is 2.83 bits per heavy atom. The molecule has 24 heavy (non-hydrogen) atoms. The number of nitro groups is 1. The van der Waals surface area contributed by atoms with E-state index in [4.69, 9.17) is 4.74 Å². The van der Waals surface area contributed by atoms with Gasteiger partial charge in [-0.15, -0.1) is 0 Å². The van der Waals surface area contributed by atoms with Crippen LogP contribution < -0.4 is 0 Å². The third kappa shape index (κ3) is 2.24. The zero-order valence-electron chi connectivity index (χ0n) is 13.8. The Kier molecular flexibility index (Phi) is 3.60. The number of carbonyl (C=O) groups excluding carboxylic acids is 1. The normalized spacial score (nSPS) is 37.5. The molecule has 0 radical (unpaired) electrons. The van der Waals surface area contributed by atoms with Crippen LogP contribution in [-0.4, -0.2) is 40.6 Å². The van der Waals surface area contributed by atoms with Crippen LogP contribution in [0.3, 0.4) is 0 Å². The second-order valence-corrected chi connectivity index (χ2v) is 7.43. The highest BCUT2D eigenvalue weighted by Gasteiger charge is 2.67. The van der Waals surface area contributed by atoms with Gasteiger partial charge in [-0.3, -0.25) is 14.9 Å². The summed E-state index contributed by atoms with van der Waals surface area (Å²) >= 11 is 0. The summed E-state index contributed by atoms with van der Waals surface area (Å²) in [6, 6.07) is 10.1. The van der Waals surface area contributed by atoms with Gasteiger partial charge in [0, 0.05) is 23.2 Å². The number of hydrogen-bond acceptors (Lipinski definition) is 4. The molecule has 2 heterocycles. The standard InChI is InChI=1S/C18H22N2O4/c1-12-9-18-16(15(12)10-19(22)23)8-17(21)20(18)14(11-24-18)7-13-5-3-2-4-6-13/h2-6,12,14-16H,7-11H2,1H3/t12-,14-,15+,16+,18+/m0/s1. The van der Waals surface area contributed by atoms with E-state index < -0.39 is 5.72 Å². The number of rotatable bonds is 4. The minimum atomic E-state index is -0.601. The van der Waals surface area contributed by atoms with E-state index in [1.54, 1.807) is 0 Å². The first-order valence-electron chi connectivity index (χ1n) is 8.63. The van der Waals surface area contributed by atoms with Crippen molar-refractivity contribution in [3.05, 3.63) is 46.0 Å². The fourth-order valence-corrected chi connectivity index (χ4v) is 5.16. The van der Waals surface area contributed by atoms with Crippen molar-refractivity contribution < 1.29 is 14.5 Å². The van der Waals surface area contributed by atoms with Gasteiger partial charge in [-0.05, 0) is 24.3 Å². The van der Waals surface area contributed by atoms with Crippen molar-refractivity contribution in [2.75, 3.05) is 13.2 Å². The van der Waals surface area contributed by atoms with Crippen molar-refractivity contribution in [1.82, 2.24) is 4.90 Å². The highest BCUT2D eigenvalue weighted by Crippen LogP contribution is 2.57. The fraction of sp³-hybridized carbons (Fsp3) is 0.611. The zero-order valence-corrected chi connectivity index (χ0v) is 13.8. The van der Waals surface area contributed by atoms with E-state index in [2.05, 4.69) is 19.1 Å². The molecule has 5 atom stereocenters. The molecular weight excluding hydrogens is 308 g/mol. The molecule has 1 aliphatic carbocycles. The van der Waals surface area contributed by atoms with Crippen LogP contribution in [0.5, 0.6) is 0 Å². The first kappa shape index (κ1) is 15.6. The van der Waals surface area contributed by atoms with E-state index in [1.165, 1.54) is 5.56 Å². The second-order valence-electron chi connectivity index (χ2n) is 7.43. The van der Waals surface area contributed by atoms with Crippen LogP contribution in [0.2, 0.25) is 0 Å². The summed E-state index contributed by atoms with van der Waals surface area (Å²) in [4.78, 5) is 25.4. The molecule has 128 valence electrons. The van der Waals surface area contributed by atoms with Crippen LogP contribution in [0, 0.1) is 27.9 Å². The van der Waals surface area contributed by atoms with E-state index in [9.17, 15) is 14.9 Å². The lowest BCUT2D eigenvalue weighted by Gasteiger charge is -2.33. The topological polar surface area (TPSA) is 72.7 Å². The van der Waals surface area contributed by atoms with Gasteiger partial charge in [-0.25, -0.2) is 0 Å². The third-order valence-electron chi connectivity index (χ3n) is 6.08. The smallest absolute Gasteiger partial charge is 0.225 e. The summed E-state index contributed by atoms with van der Waals surface area (Å²) in [5, 5.41) is 11.0. The van der Waals surface area contributed by atoms with Gasteiger partial charge in [0.1, 0.15) is 5.72 Å². The molecule has 3 aliphatic rings. The van der Waals surface area contributed by atoms with Crippen LogP contribution >= 0.6 is 0 Å². The Morgan fingerprint density at radius 2 is 2.12 bits per heavy atom. The minimum absolute atomic E-state index is 0.0338. The molecule has 0 unspecified atom stereocenters. The van der Waals surface area contributed by atoms with Gasteiger partial charge in [0.25, 0.3) is 0 Å². The number of hydrogen-bond donors (Lipinski definition) is 0. The zero-order chi connectivity index (χ0) is 16.9. The minimum Gasteiger partial charge on any atom is -0.353 e. The van der Waals surface area contributed by atoms with E-state index in [0.717, 1.165) is 6.42 Å². The molecule has 6 nitrogen and oxygen atoms in total. The summed E-state index contributed by atoms with van der Waals surface area (Å²) < 4.78 is 6.21. The Balaban J connectivity index is 1.59. The Labute approximate surface area is 140 Å². The quantitative estimate of drug-likeness (QED) is 0.626. The highest BCUT2D eigenvalue weighted by atomic mass is 16.6. The highest BCUT2D eigenvalue weighted by molar-refractivity contribution is 5.81. The summed E-state index contributed by atoms with van der Waals surface area (Å²) in [6.07, 6.45) is 1.87. The molecule has 1 spiro atoms. The van der Waals surface area contributed by atoms with E-state index in [0.29, 0.717) is 19.4 Å². The van der Waals surface area contributed by atoms with Gasteiger partial charge in [0.05, 0.1) is 12.6 Å². The van der Waals surface area contributed by atoms with Crippen molar-refractivity contribution in [1.29, 1.82) is 0 Å². The second kappa shape index (κ2) is 5.55. The van der Waals surface area contributed by atoms with Gasteiger partial charge in [-0.1, -0.05) is 37.3 Å². The fourth-order valence-electron chi connectivity index (χ4n) is 5.16. The van der Waals surface area contributed by atoms with Crippen LogP contribution in [0.25, 0.3) is 0 Å². The molecule has 6 heteroatoms.